The lowest BCUT2D eigenvalue weighted by Crippen LogP contribution is -2.47. The van der Waals surface area contributed by atoms with E-state index < -0.39 is 0 Å². The Morgan fingerprint density at radius 3 is 2.56 bits per heavy atom. The average molecular weight is 249 g/mol. The molecule has 0 aromatic heterocycles. The molecule has 0 radical (unpaired) electrons. The minimum atomic E-state index is -0.352. The van der Waals surface area contributed by atoms with E-state index in [0.717, 1.165) is 25.7 Å². The van der Waals surface area contributed by atoms with Crippen LogP contribution >= 0.6 is 0 Å². The summed E-state index contributed by atoms with van der Waals surface area (Å²) in [5.74, 6) is -0.946. The molecule has 2 rings (SSSR count). The number of phenols is 2. The smallest absolute Gasteiger partial charge is 0.255 e. The van der Waals surface area contributed by atoms with Gasteiger partial charge in [-0.1, -0.05) is 25.3 Å². The Morgan fingerprint density at radius 2 is 1.89 bits per heavy atom. The largest absolute Gasteiger partial charge is 0.504 e. The molecule has 18 heavy (non-hydrogen) atoms. The molecule has 0 spiro atoms. The van der Waals surface area contributed by atoms with Crippen LogP contribution < -0.4 is 5.32 Å². The number of hydrogen-bond acceptors (Lipinski definition) is 3. The molecule has 0 unspecified atom stereocenters. The van der Waals surface area contributed by atoms with Crippen LogP contribution in [0, 0.1) is 0 Å². The summed E-state index contributed by atoms with van der Waals surface area (Å²) in [5, 5.41) is 22.0. The van der Waals surface area contributed by atoms with Crippen LogP contribution in [0.2, 0.25) is 0 Å². The van der Waals surface area contributed by atoms with Crippen molar-refractivity contribution < 1.29 is 15.0 Å². The number of nitrogens with one attached hydrogen (secondary N) is 1. The third-order valence-corrected chi connectivity index (χ3v) is 3.63. The van der Waals surface area contributed by atoms with Gasteiger partial charge in [-0.2, -0.15) is 0 Å². The highest BCUT2D eigenvalue weighted by Gasteiger charge is 2.29. The summed E-state index contributed by atoms with van der Waals surface area (Å²) in [6.07, 6.45) is 5.35. The number of para-hydroxylation sites is 1. The van der Waals surface area contributed by atoms with Gasteiger partial charge < -0.3 is 15.5 Å². The summed E-state index contributed by atoms with van der Waals surface area (Å²) >= 11 is 0. The first-order valence-electron chi connectivity index (χ1n) is 6.35. The molecule has 1 fully saturated rings. The molecule has 0 atom stereocenters. The number of carbonyl (C=O) groups excluding carboxylic acids is 1. The number of amides is 1. The van der Waals surface area contributed by atoms with Crippen molar-refractivity contribution in [1.82, 2.24) is 5.32 Å². The number of phenolic OH excluding ortho intramolecular Hbond substituents is 2. The van der Waals surface area contributed by atoms with E-state index in [-0.39, 0.29) is 28.5 Å². The normalized spacial score (nSPS) is 18.3. The number of hydrogen-bond donors (Lipinski definition) is 3. The summed E-state index contributed by atoms with van der Waals surface area (Å²) < 4.78 is 0. The van der Waals surface area contributed by atoms with Gasteiger partial charge in [0.2, 0.25) is 0 Å². The van der Waals surface area contributed by atoms with Crippen molar-refractivity contribution in [2.24, 2.45) is 0 Å². The van der Waals surface area contributed by atoms with Gasteiger partial charge in [0.15, 0.2) is 11.5 Å². The first kappa shape index (κ1) is 12.7. The van der Waals surface area contributed by atoms with Crippen LogP contribution in [0.3, 0.4) is 0 Å². The summed E-state index contributed by atoms with van der Waals surface area (Å²) in [6.45, 7) is 2.03. The Kier molecular flexibility index (Phi) is 3.45. The lowest BCUT2D eigenvalue weighted by atomic mass is 9.83. The van der Waals surface area contributed by atoms with Gasteiger partial charge in [0.25, 0.3) is 5.91 Å². The van der Waals surface area contributed by atoms with Gasteiger partial charge in [-0.25, -0.2) is 0 Å². The molecule has 1 aliphatic rings. The molecule has 4 heteroatoms. The SMILES string of the molecule is CC1(NC(=O)c2cccc(O)c2O)CCCCC1. The zero-order chi connectivity index (χ0) is 13.2. The highest BCUT2D eigenvalue weighted by atomic mass is 16.3. The second-order valence-corrected chi connectivity index (χ2v) is 5.25. The molecule has 98 valence electrons. The highest BCUT2D eigenvalue weighted by molar-refractivity contribution is 5.98. The van der Waals surface area contributed by atoms with Crippen LogP contribution in [-0.2, 0) is 0 Å². The third kappa shape index (κ3) is 2.58. The molecule has 1 aromatic carbocycles. The first-order chi connectivity index (χ1) is 8.52. The Morgan fingerprint density at radius 1 is 1.22 bits per heavy atom. The highest BCUT2D eigenvalue weighted by Crippen LogP contribution is 2.31. The first-order valence-corrected chi connectivity index (χ1v) is 6.35. The van der Waals surface area contributed by atoms with Crippen molar-refractivity contribution >= 4 is 5.91 Å². The van der Waals surface area contributed by atoms with E-state index >= 15 is 0 Å². The third-order valence-electron chi connectivity index (χ3n) is 3.63. The fourth-order valence-electron chi connectivity index (χ4n) is 2.51. The molecule has 0 bridgehead atoms. The molecule has 1 aliphatic carbocycles. The van der Waals surface area contributed by atoms with Gasteiger partial charge in [-0.05, 0) is 31.9 Å². The lowest BCUT2D eigenvalue weighted by Gasteiger charge is -2.34. The van der Waals surface area contributed by atoms with E-state index in [1.165, 1.54) is 18.6 Å². The predicted molar refractivity (Wildman–Crippen MR) is 68.7 cm³/mol. The van der Waals surface area contributed by atoms with Crippen molar-refractivity contribution in [3.05, 3.63) is 23.8 Å². The van der Waals surface area contributed by atoms with Crippen LogP contribution in [0.5, 0.6) is 11.5 Å². The molecular formula is C14H19NO3. The maximum Gasteiger partial charge on any atom is 0.255 e. The van der Waals surface area contributed by atoms with E-state index in [0.29, 0.717) is 0 Å². The lowest BCUT2D eigenvalue weighted by molar-refractivity contribution is 0.0879. The quantitative estimate of drug-likeness (QED) is 0.705. The van der Waals surface area contributed by atoms with Crippen molar-refractivity contribution in [3.8, 4) is 11.5 Å². The Labute approximate surface area is 107 Å². The zero-order valence-electron chi connectivity index (χ0n) is 10.6. The molecular weight excluding hydrogens is 230 g/mol. The molecule has 1 saturated carbocycles. The van der Waals surface area contributed by atoms with Crippen molar-refractivity contribution in [2.75, 3.05) is 0 Å². The van der Waals surface area contributed by atoms with Gasteiger partial charge in [0.05, 0.1) is 5.56 Å². The van der Waals surface area contributed by atoms with E-state index in [1.807, 2.05) is 6.92 Å². The number of carbonyl (C=O) groups is 1. The van der Waals surface area contributed by atoms with Crippen LogP contribution in [0.15, 0.2) is 18.2 Å². The molecule has 0 aliphatic heterocycles. The fourth-order valence-corrected chi connectivity index (χ4v) is 2.51. The summed E-state index contributed by atoms with van der Waals surface area (Å²) in [6, 6.07) is 4.41. The zero-order valence-corrected chi connectivity index (χ0v) is 10.6. The van der Waals surface area contributed by atoms with Gasteiger partial charge in [0, 0.05) is 5.54 Å². The molecule has 3 N–H and O–H groups in total. The Hall–Kier alpha value is -1.71. The molecule has 1 amide bonds. The van der Waals surface area contributed by atoms with Gasteiger partial charge >= 0.3 is 0 Å². The predicted octanol–water partition coefficient (Wildman–Crippen LogP) is 2.55. The van der Waals surface area contributed by atoms with Crippen LogP contribution in [0.4, 0.5) is 0 Å². The summed E-state index contributed by atoms with van der Waals surface area (Å²) in [4.78, 5) is 12.1. The topological polar surface area (TPSA) is 69.6 Å². The maximum absolute atomic E-state index is 12.1. The van der Waals surface area contributed by atoms with Crippen molar-refractivity contribution in [2.45, 2.75) is 44.6 Å². The van der Waals surface area contributed by atoms with E-state index in [9.17, 15) is 15.0 Å². The second-order valence-electron chi connectivity index (χ2n) is 5.25. The van der Waals surface area contributed by atoms with E-state index in [2.05, 4.69) is 5.32 Å². The molecule has 0 saturated heterocycles. The van der Waals surface area contributed by atoms with Crippen LogP contribution in [0.1, 0.15) is 49.4 Å². The van der Waals surface area contributed by atoms with Gasteiger partial charge in [0.1, 0.15) is 0 Å². The molecule has 0 heterocycles. The van der Waals surface area contributed by atoms with Crippen molar-refractivity contribution in [3.63, 3.8) is 0 Å². The monoisotopic (exact) mass is 249 g/mol. The number of aromatic hydroxyl groups is 2. The second kappa shape index (κ2) is 4.88. The Bertz CT molecular complexity index is 450. The summed E-state index contributed by atoms with van der Waals surface area (Å²) in [5.41, 5.74) is -0.0745. The molecule has 4 nitrogen and oxygen atoms in total. The van der Waals surface area contributed by atoms with E-state index in [4.69, 9.17) is 0 Å². The van der Waals surface area contributed by atoms with Crippen molar-refractivity contribution in [1.29, 1.82) is 0 Å². The Balaban J connectivity index is 2.14. The standard InChI is InChI=1S/C14H19NO3/c1-14(8-3-2-4-9-14)15-13(18)10-6-5-7-11(16)12(10)17/h5-7,16-17H,2-4,8-9H2,1H3,(H,15,18). The minimum Gasteiger partial charge on any atom is -0.504 e. The van der Waals surface area contributed by atoms with Gasteiger partial charge in [-0.15, -0.1) is 0 Å². The van der Waals surface area contributed by atoms with Gasteiger partial charge in [-0.3, -0.25) is 4.79 Å². The number of benzene rings is 1. The minimum absolute atomic E-state index is 0.127. The molecule has 1 aromatic rings. The summed E-state index contributed by atoms with van der Waals surface area (Å²) in [7, 11) is 0. The maximum atomic E-state index is 12.1. The number of rotatable bonds is 2. The fraction of sp³-hybridized carbons (Fsp3) is 0.500. The van der Waals surface area contributed by atoms with Crippen LogP contribution in [0.25, 0.3) is 0 Å². The van der Waals surface area contributed by atoms with Crippen LogP contribution in [-0.4, -0.2) is 21.7 Å². The van der Waals surface area contributed by atoms with E-state index in [1.54, 1.807) is 6.07 Å². The average Bonchev–Trinajstić information content (AvgIpc) is 2.33.